The third-order valence-electron chi connectivity index (χ3n) is 14.1. The molecule has 350 valence electrons. The molecule has 2 saturated carbocycles. The summed E-state index contributed by atoms with van der Waals surface area (Å²) >= 11 is 0. The van der Waals surface area contributed by atoms with Crippen LogP contribution in [0.3, 0.4) is 0 Å². The van der Waals surface area contributed by atoms with E-state index in [1.165, 1.54) is 141 Å². The van der Waals surface area contributed by atoms with E-state index in [0.29, 0.717) is 19.4 Å². The fourth-order valence-electron chi connectivity index (χ4n) is 9.32. The molecule has 9 nitrogen and oxygen atoms in total. The molecule has 0 aromatic rings. The first-order chi connectivity index (χ1) is 29.3. The van der Waals surface area contributed by atoms with Crippen molar-refractivity contribution in [3.63, 3.8) is 0 Å². The van der Waals surface area contributed by atoms with Crippen molar-refractivity contribution in [3.8, 4) is 0 Å². The fraction of sp³-hybridized carbons (Fsp3) is 0.941. The van der Waals surface area contributed by atoms with E-state index in [1.54, 1.807) is 0 Å². The summed E-state index contributed by atoms with van der Waals surface area (Å²) in [6.45, 7) is 8.01. The zero-order valence-corrected chi connectivity index (χ0v) is 39.4. The molecule has 0 amide bonds. The molecule has 3 rings (SSSR count). The van der Waals surface area contributed by atoms with E-state index in [1.807, 2.05) is 0 Å². The van der Waals surface area contributed by atoms with Crippen molar-refractivity contribution in [1.82, 2.24) is 9.80 Å². The number of likely N-dealkylation sites (N-methyl/N-ethyl adjacent to an activating group) is 1. The Morgan fingerprint density at radius 2 is 0.817 bits per heavy atom. The Morgan fingerprint density at radius 1 is 0.483 bits per heavy atom. The van der Waals surface area contributed by atoms with Crippen molar-refractivity contribution in [2.75, 3.05) is 66.2 Å². The van der Waals surface area contributed by atoms with Crippen LogP contribution in [-0.2, 0) is 28.6 Å². The van der Waals surface area contributed by atoms with Gasteiger partial charge in [-0.05, 0) is 56.4 Å². The summed E-state index contributed by atoms with van der Waals surface area (Å²) in [5.74, 6) is 2.85. The average molecular weight is 847 g/mol. The first kappa shape index (κ1) is 52.6. The fourth-order valence-corrected chi connectivity index (χ4v) is 9.32. The predicted octanol–water partition coefficient (Wildman–Crippen LogP) is 11.5. The topological polar surface area (TPSA) is 106 Å². The van der Waals surface area contributed by atoms with Crippen molar-refractivity contribution in [2.45, 2.75) is 213 Å². The van der Waals surface area contributed by atoms with Crippen molar-refractivity contribution in [2.24, 2.45) is 29.1 Å². The Bertz CT molecular complexity index is 1050. The van der Waals surface area contributed by atoms with E-state index in [9.17, 15) is 19.5 Å². The normalized spacial score (nSPS) is 21.4. The third-order valence-corrected chi connectivity index (χ3v) is 14.1. The van der Waals surface area contributed by atoms with Gasteiger partial charge in [-0.3, -0.25) is 14.4 Å². The minimum Gasteiger partial charge on any atom is -0.465 e. The molecule has 0 aromatic heterocycles. The van der Waals surface area contributed by atoms with Crippen LogP contribution in [0, 0.1) is 29.1 Å². The number of rotatable bonds is 40. The summed E-state index contributed by atoms with van der Waals surface area (Å²) in [4.78, 5) is 43.0. The number of nitrogens with zero attached hydrogens (tertiary/aromatic N) is 2. The second kappa shape index (κ2) is 32.9. The van der Waals surface area contributed by atoms with Crippen molar-refractivity contribution < 1.29 is 33.7 Å². The highest BCUT2D eigenvalue weighted by molar-refractivity contribution is 5.70. The molecule has 2 aliphatic carbocycles. The zero-order valence-electron chi connectivity index (χ0n) is 39.4. The van der Waals surface area contributed by atoms with Gasteiger partial charge >= 0.3 is 17.9 Å². The Morgan fingerprint density at radius 3 is 1.18 bits per heavy atom. The SMILES string of the molecule is CCCCCCCCC1CC1CCCCCCCC(=O)OCC(CO)(COC(=O)CCCCCCCC1CC1CCCCCCCC)COC(=O)CCN1CCN(C)CC1. The van der Waals surface area contributed by atoms with E-state index in [-0.39, 0.29) is 44.1 Å². The predicted molar refractivity (Wildman–Crippen MR) is 245 cm³/mol. The molecular weight excluding hydrogens is 753 g/mol. The van der Waals surface area contributed by atoms with E-state index in [4.69, 9.17) is 14.2 Å². The molecule has 9 heteroatoms. The highest BCUT2D eigenvalue weighted by Gasteiger charge is 2.37. The number of aliphatic hydroxyl groups is 1. The van der Waals surface area contributed by atoms with E-state index in [0.717, 1.165) is 88.4 Å². The summed E-state index contributed by atoms with van der Waals surface area (Å²) in [6.07, 6.45) is 36.8. The molecule has 0 radical (unpaired) electrons. The highest BCUT2D eigenvalue weighted by Crippen LogP contribution is 2.46. The van der Waals surface area contributed by atoms with Crippen LogP contribution in [0.4, 0.5) is 0 Å². The maximum absolute atomic E-state index is 12.8. The number of esters is 3. The first-order valence-corrected chi connectivity index (χ1v) is 25.8. The number of aliphatic hydroxyl groups excluding tert-OH is 1. The average Bonchev–Trinajstić information content (AvgIpc) is 4.19. The molecule has 60 heavy (non-hydrogen) atoms. The van der Waals surface area contributed by atoms with Gasteiger partial charge < -0.3 is 29.1 Å². The van der Waals surface area contributed by atoms with Crippen LogP contribution in [0.1, 0.15) is 213 Å². The van der Waals surface area contributed by atoms with Gasteiger partial charge in [0.15, 0.2) is 0 Å². The van der Waals surface area contributed by atoms with Crippen LogP contribution < -0.4 is 0 Å². The van der Waals surface area contributed by atoms with Crippen LogP contribution in [0.2, 0.25) is 0 Å². The monoisotopic (exact) mass is 847 g/mol. The van der Waals surface area contributed by atoms with Crippen LogP contribution in [0.25, 0.3) is 0 Å². The van der Waals surface area contributed by atoms with Crippen molar-refractivity contribution in [1.29, 1.82) is 0 Å². The maximum atomic E-state index is 12.8. The Labute approximate surface area is 368 Å². The molecule has 0 aromatic carbocycles. The molecule has 1 saturated heterocycles. The molecule has 1 N–H and O–H groups in total. The van der Waals surface area contributed by atoms with Gasteiger partial charge in [0.1, 0.15) is 19.8 Å². The number of piperazine rings is 1. The van der Waals surface area contributed by atoms with Crippen molar-refractivity contribution in [3.05, 3.63) is 0 Å². The van der Waals surface area contributed by atoms with Gasteiger partial charge in [0.2, 0.25) is 0 Å². The number of carbonyl (C=O) groups is 3. The van der Waals surface area contributed by atoms with Crippen LogP contribution in [0.15, 0.2) is 0 Å². The van der Waals surface area contributed by atoms with Gasteiger partial charge in [-0.25, -0.2) is 0 Å². The molecule has 1 heterocycles. The number of ether oxygens (including phenoxy) is 3. The van der Waals surface area contributed by atoms with E-state index < -0.39 is 12.0 Å². The van der Waals surface area contributed by atoms with Crippen LogP contribution >= 0.6 is 0 Å². The van der Waals surface area contributed by atoms with Crippen molar-refractivity contribution >= 4 is 17.9 Å². The summed E-state index contributed by atoms with van der Waals surface area (Å²) in [5, 5.41) is 10.6. The molecule has 0 spiro atoms. The standard InChI is InChI=1S/C51H94N2O7/c1-4-6-8-10-14-20-26-44-38-46(44)28-22-16-12-18-24-30-48(55)58-41-51(40-54,43-60-50(57)32-33-53-36-34-52(3)35-37-53)42-59-49(56)31-25-19-13-17-23-29-47-39-45(47)27-21-15-11-9-7-5-2/h44-47,54H,4-43H2,1-3H3. The van der Waals surface area contributed by atoms with Gasteiger partial charge in [-0.1, -0.05) is 168 Å². The summed E-state index contributed by atoms with van der Waals surface area (Å²) in [6, 6.07) is 0. The summed E-state index contributed by atoms with van der Waals surface area (Å²) in [7, 11) is 2.10. The third kappa shape index (κ3) is 25.4. The Hall–Kier alpha value is -1.71. The molecule has 3 fully saturated rings. The second-order valence-electron chi connectivity index (χ2n) is 19.8. The van der Waals surface area contributed by atoms with Gasteiger partial charge in [-0.15, -0.1) is 0 Å². The summed E-state index contributed by atoms with van der Waals surface area (Å²) < 4.78 is 17.0. The van der Waals surface area contributed by atoms with Gasteiger partial charge in [0.25, 0.3) is 0 Å². The van der Waals surface area contributed by atoms with E-state index >= 15 is 0 Å². The lowest BCUT2D eigenvalue weighted by Crippen LogP contribution is -2.45. The Balaban J connectivity index is 1.28. The second-order valence-corrected chi connectivity index (χ2v) is 19.8. The molecular formula is C51H94N2O7. The Kier molecular flexibility index (Phi) is 28.9. The first-order valence-electron chi connectivity index (χ1n) is 25.8. The summed E-state index contributed by atoms with van der Waals surface area (Å²) in [5.41, 5.74) is -1.19. The lowest BCUT2D eigenvalue weighted by molar-refractivity contribution is -0.165. The van der Waals surface area contributed by atoms with Crippen LogP contribution in [-0.4, -0.2) is 99.0 Å². The lowest BCUT2D eigenvalue weighted by atomic mass is 9.92. The minimum absolute atomic E-state index is 0.163. The maximum Gasteiger partial charge on any atom is 0.307 e. The quantitative estimate of drug-likeness (QED) is 0.0366. The van der Waals surface area contributed by atoms with Gasteiger partial charge in [0.05, 0.1) is 18.4 Å². The number of unbranched alkanes of at least 4 members (excludes halogenated alkanes) is 18. The van der Waals surface area contributed by atoms with Gasteiger partial charge in [-0.2, -0.15) is 0 Å². The molecule has 0 bridgehead atoms. The zero-order chi connectivity index (χ0) is 43.1. The highest BCUT2D eigenvalue weighted by atomic mass is 16.6. The lowest BCUT2D eigenvalue weighted by Gasteiger charge is -2.32. The smallest absolute Gasteiger partial charge is 0.307 e. The minimum atomic E-state index is -1.19. The largest absolute Gasteiger partial charge is 0.465 e. The van der Waals surface area contributed by atoms with Gasteiger partial charge in [0, 0.05) is 45.6 Å². The molecule has 4 atom stereocenters. The molecule has 4 unspecified atom stereocenters. The molecule has 1 aliphatic heterocycles. The number of carbonyl (C=O) groups excluding carboxylic acids is 3. The van der Waals surface area contributed by atoms with Crippen LogP contribution in [0.5, 0.6) is 0 Å². The van der Waals surface area contributed by atoms with E-state index in [2.05, 4.69) is 30.7 Å². The molecule has 3 aliphatic rings. The number of hydrogen-bond donors (Lipinski definition) is 1. The number of hydrogen-bond acceptors (Lipinski definition) is 9.